The minimum absolute atomic E-state index is 0.0161. The van der Waals surface area contributed by atoms with Gasteiger partial charge >= 0.3 is 0 Å². The standard InChI is InChI=1S/C12H18N4O3S/c1-3-8(7-20-2)14-12(17)10-6-9(16(18)19)4-5-11(10)15-13/h4-6,8,15H,3,7,13H2,1-2H3,(H,14,17). The molecule has 20 heavy (non-hydrogen) atoms. The predicted molar refractivity (Wildman–Crippen MR) is 80.8 cm³/mol. The van der Waals surface area contributed by atoms with Gasteiger partial charge in [0.1, 0.15) is 0 Å². The van der Waals surface area contributed by atoms with Crippen molar-refractivity contribution >= 4 is 29.0 Å². The van der Waals surface area contributed by atoms with Gasteiger partial charge in [0.2, 0.25) is 0 Å². The second-order valence-corrected chi connectivity index (χ2v) is 5.08. The van der Waals surface area contributed by atoms with Crippen LogP contribution in [0.2, 0.25) is 0 Å². The molecule has 1 aromatic carbocycles. The number of carbonyl (C=O) groups is 1. The topological polar surface area (TPSA) is 110 Å². The van der Waals surface area contributed by atoms with Crippen LogP contribution in [0.15, 0.2) is 18.2 Å². The van der Waals surface area contributed by atoms with Gasteiger partial charge in [-0.05, 0) is 18.7 Å². The van der Waals surface area contributed by atoms with Crippen LogP contribution in [-0.4, -0.2) is 28.9 Å². The lowest BCUT2D eigenvalue weighted by Gasteiger charge is -2.17. The fraction of sp³-hybridized carbons (Fsp3) is 0.417. The van der Waals surface area contributed by atoms with E-state index >= 15 is 0 Å². The monoisotopic (exact) mass is 298 g/mol. The van der Waals surface area contributed by atoms with Gasteiger partial charge in [0.25, 0.3) is 11.6 Å². The van der Waals surface area contributed by atoms with Gasteiger partial charge in [-0.1, -0.05) is 6.92 Å². The van der Waals surface area contributed by atoms with Crippen molar-refractivity contribution in [3.8, 4) is 0 Å². The number of non-ortho nitro benzene ring substituents is 1. The van der Waals surface area contributed by atoms with Crippen LogP contribution in [0.3, 0.4) is 0 Å². The predicted octanol–water partition coefficient (Wildman–Crippen LogP) is 1.75. The smallest absolute Gasteiger partial charge is 0.270 e. The highest BCUT2D eigenvalue weighted by Gasteiger charge is 2.18. The number of nitrogens with two attached hydrogens (primary N) is 1. The van der Waals surface area contributed by atoms with Gasteiger partial charge in [0.15, 0.2) is 0 Å². The van der Waals surface area contributed by atoms with Crippen LogP contribution in [0.1, 0.15) is 23.7 Å². The van der Waals surface area contributed by atoms with Crippen LogP contribution >= 0.6 is 11.8 Å². The molecule has 1 rings (SSSR count). The summed E-state index contributed by atoms with van der Waals surface area (Å²) >= 11 is 1.63. The van der Waals surface area contributed by atoms with E-state index in [-0.39, 0.29) is 23.2 Å². The first kappa shape index (κ1) is 16.3. The van der Waals surface area contributed by atoms with E-state index in [1.807, 2.05) is 13.2 Å². The highest BCUT2D eigenvalue weighted by atomic mass is 32.2. The van der Waals surface area contributed by atoms with Crippen LogP contribution in [0.25, 0.3) is 0 Å². The molecule has 0 fully saturated rings. The molecule has 1 unspecified atom stereocenters. The number of nitro groups is 1. The van der Waals surface area contributed by atoms with E-state index in [2.05, 4.69) is 10.7 Å². The van der Waals surface area contributed by atoms with Gasteiger partial charge in [0, 0.05) is 23.9 Å². The summed E-state index contributed by atoms with van der Waals surface area (Å²) in [7, 11) is 0. The molecule has 7 nitrogen and oxygen atoms in total. The normalized spacial score (nSPS) is 11.8. The Kier molecular flexibility index (Phi) is 6.26. The fourth-order valence-corrected chi connectivity index (χ4v) is 2.41. The molecule has 1 aromatic rings. The van der Waals surface area contributed by atoms with Crippen LogP contribution in [0.4, 0.5) is 11.4 Å². The highest BCUT2D eigenvalue weighted by molar-refractivity contribution is 7.98. The molecule has 0 saturated carbocycles. The second-order valence-electron chi connectivity index (χ2n) is 4.17. The summed E-state index contributed by atoms with van der Waals surface area (Å²) in [6.07, 6.45) is 2.74. The van der Waals surface area contributed by atoms with Crippen LogP contribution < -0.4 is 16.6 Å². The molecule has 0 bridgehead atoms. The van der Waals surface area contributed by atoms with E-state index in [1.165, 1.54) is 18.2 Å². The molecule has 0 saturated heterocycles. The van der Waals surface area contributed by atoms with Crippen molar-refractivity contribution in [2.45, 2.75) is 19.4 Å². The Morgan fingerprint density at radius 2 is 2.25 bits per heavy atom. The number of anilines is 1. The Morgan fingerprint density at radius 3 is 2.75 bits per heavy atom. The number of nitro benzene ring substituents is 1. The molecule has 0 radical (unpaired) electrons. The van der Waals surface area contributed by atoms with Gasteiger partial charge in [-0.3, -0.25) is 20.8 Å². The Labute approximate surface area is 121 Å². The van der Waals surface area contributed by atoms with Crippen LogP contribution in [0.5, 0.6) is 0 Å². The number of carbonyl (C=O) groups excluding carboxylic acids is 1. The molecule has 1 atom stereocenters. The lowest BCUT2D eigenvalue weighted by atomic mass is 10.1. The summed E-state index contributed by atoms with van der Waals surface area (Å²) in [5, 5.41) is 13.6. The number of nitrogens with one attached hydrogen (secondary N) is 2. The molecule has 0 aromatic heterocycles. The van der Waals surface area contributed by atoms with Gasteiger partial charge in [0.05, 0.1) is 16.2 Å². The van der Waals surface area contributed by atoms with Gasteiger partial charge in [-0.2, -0.15) is 11.8 Å². The van der Waals surface area contributed by atoms with Crippen molar-refractivity contribution in [2.24, 2.45) is 5.84 Å². The average Bonchev–Trinajstić information content (AvgIpc) is 2.45. The number of nitrogens with zero attached hydrogens (tertiary/aromatic N) is 1. The van der Waals surface area contributed by atoms with E-state index in [0.29, 0.717) is 5.69 Å². The summed E-state index contributed by atoms with van der Waals surface area (Å²) in [5.41, 5.74) is 2.75. The van der Waals surface area contributed by atoms with Gasteiger partial charge < -0.3 is 10.7 Å². The molecule has 1 amide bonds. The van der Waals surface area contributed by atoms with Crippen molar-refractivity contribution in [1.82, 2.24) is 5.32 Å². The van der Waals surface area contributed by atoms with Crippen LogP contribution in [0, 0.1) is 10.1 Å². The number of nitrogen functional groups attached to an aromatic ring is 1. The van der Waals surface area contributed by atoms with Gasteiger partial charge in [-0.25, -0.2) is 0 Å². The number of benzene rings is 1. The van der Waals surface area contributed by atoms with E-state index in [4.69, 9.17) is 5.84 Å². The number of thioether (sulfide) groups is 1. The summed E-state index contributed by atoms with van der Waals surface area (Å²) in [6, 6.07) is 3.95. The van der Waals surface area contributed by atoms with E-state index < -0.39 is 4.92 Å². The molecular weight excluding hydrogens is 280 g/mol. The Bertz CT molecular complexity index is 496. The Hall–Kier alpha value is -1.80. The van der Waals surface area contributed by atoms with E-state index in [1.54, 1.807) is 11.8 Å². The SMILES string of the molecule is CCC(CSC)NC(=O)c1cc([N+](=O)[O-])ccc1NN. The molecule has 0 aliphatic heterocycles. The third kappa shape index (κ3) is 4.10. The third-order valence-electron chi connectivity index (χ3n) is 2.81. The van der Waals surface area contributed by atoms with Crippen molar-refractivity contribution in [2.75, 3.05) is 17.4 Å². The molecule has 4 N–H and O–H groups in total. The largest absolute Gasteiger partial charge is 0.348 e. The quantitative estimate of drug-likeness (QED) is 0.402. The fourth-order valence-electron chi connectivity index (χ4n) is 1.69. The van der Waals surface area contributed by atoms with E-state index in [0.717, 1.165) is 12.2 Å². The lowest BCUT2D eigenvalue weighted by molar-refractivity contribution is -0.384. The summed E-state index contributed by atoms with van der Waals surface area (Å²) < 4.78 is 0. The third-order valence-corrected chi connectivity index (χ3v) is 3.55. The molecule has 110 valence electrons. The zero-order valence-corrected chi connectivity index (χ0v) is 12.2. The van der Waals surface area contributed by atoms with Crippen molar-refractivity contribution in [3.63, 3.8) is 0 Å². The maximum atomic E-state index is 12.2. The molecule has 0 heterocycles. The summed E-state index contributed by atoms with van der Waals surface area (Å²) in [5.74, 6) is 5.74. The van der Waals surface area contributed by atoms with E-state index in [9.17, 15) is 14.9 Å². The first-order valence-electron chi connectivity index (χ1n) is 6.08. The van der Waals surface area contributed by atoms with Crippen molar-refractivity contribution < 1.29 is 9.72 Å². The zero-order chi connectivity index (χ0) is 15.1. The number of amides is 1. The Morgan fingerprint density at radius 1 is 1.55 bits per heavy atom. The second kappa shape index (κ2) is 7.71. The number of hydrogen-bond acceptors (Lipinski definition) is 6. The molecular formula is C12H18N4O3S. The number of hydrogen-bond donors (Lipinski definition) is 3. The minimum Gasteiger partial charge on any atom is -0.348 e. The highest BCUT2D eigenvalue weighted by Crippen LogP contribution is 2.21. The average molecular weight is 298 g/mol. The molecule has 8 heteroatoms. The summed E-state index contributed by atoms with van der Waals surface area (Å²) in [4.78, 5) is 22.4. The summed E-state index contributed by atoms with van der Waals surface area (Å²) in [6.45, 7) is 1.97. The van der Waals surface area contributed by atoms with Crippen molar-refractivity contribution in [1.29, 1.82) is 0 Å². The Balaban J connectivity index is 3.00. The minimum atomic E-state index is -0.545. The first-order chi connectivity index (χ1) is 9.53. The van der Waals surface area contributed by atoms with Crippen LogP contribution in [-0.2, 0) is 0 Å². The molecule has 0 aliphatic rings. The zero-order valence-electron chi connectivity index (χ0n) is 11.4. The van der Waals surface area contributed by atoms with Crippen molar-refractivity contribution in [3.05, 3.63) is 33.9 Å². The maximum absolute atomic E-state index is 12.2. The van der Waals surface area contributed by atoms with Gasteiger partial charge in [-0.15, -0.1) is 0 Å². The first-order valence-corrected chi connectivity index (χ1v) is 7.47. The molecule has 0 aliphatic carbocycles. The lowest BCUT2D eigenvalue weighted by Crippen LogP contribution is -2.36. The number of rotatable bonds is 7. The molecule has 0 spiro atoms. The number of hydrazine groups is 1. The maximum Gasteiger partial charge on any atom is 0.270 e.